The van der Waals surface area contributed by atoms with Gasteiger partial charge in [0.1, 0.15) is 5.76 Å². The van der Waals surface area contributed by atoms with Crippen molar-refractivity contribution >= 4 is 45.0 Å². The molecule has 6 heteroatoms. The van der Waals surface area contributed by atoms with E-state index in [1.807, 2.05) is 0 Å². The number of nitrogens with zero attached hydrogens (tertiary/aromatic N) is 1. The van der Waals surface area contributed by atoms with Crippen molar-refractivity contribution in [3.8, 4) is 0 Å². The van der Waals surface area contributed by atoms with Gasteiger partial charge in [-0.3, -0.25) is 9.59 Å². The van der Waals surface area contributed by atoms with E-state index in [2.05, 4.69) is 15.9 Å². The average molecular weight is 341 g/mol. The first-order valence-electron chi connectivity index (χ1n) is 5.46. The van der Waals surface area contributed by atoms with Crippen LogP contribution in [0.3, 0.4) is 0 Å². The number of furan rings is 1. The van der Waals surface area contributed by atoms with Crippen molar-refractivity contribution in [3.63, 3.8) is 0 Å². The SMILES string of the molecule is O=C1Cc2occc2C(=O)N1c1cc(Br)ccc1Cl. The number of fused-ring (bicyclic) bond motifs is 1. The first kappa shape index (κ1) is 12.4. The summed E-state index contributed by atoms with van der Waals surface area (Å²) in [7, 11) is 0. The van der Waals surface area contributed by atoms with Crippen molar-refractivity contribution in [2.24, 2.45) is 0 Å². The lowest BCUT2D eigenvalue weighted by Crippen LogP contribution is -2.42. The molecule has 2 heterocycles. The maximum atomic E-state index is 12.3. The zero-order valence-electron chi connectivity index (χ0n) is 9.52. The number of amides is 2. The Balaban J connectivity index is 2.13. The van der Waals surface area contributed by atoms with Gasteiger partial charge in [0.15, 0.2) is 0 Å². The molecule has 4 nitrogen and oxygen atoms in total. The van der Waals surface area contributed by atoms with E-state index in [0.29, 0.717) is 22.0 Å². The Kier molecular flexibility index (Phi) is 2.95. The third kappa shape index (κ3) is 1.99. The van der Waals surface area contributed by atoms with Gasteiger partial charge in [0.05, 0.1) is 29.0 Å². The van der Waals surface area contributed by atoms with Gasteiger partial charge in [0.25, 0.3) is 5.91 Å². The van der Waals surface area contributed by atoms with Crippen LogP contribution in [0, 0.1) is 0 Å². The minimum atomic E-state index is -0.417. The average Bonchev–Trinajstić information content (AvgIpc) is 2.82. The molecule has 0 spiro atoms. The molecule has 19 heavy (non-hydrogen) atoms. The highest BCUT2D eigenvalue weighted by molar-refractivity contribution is 9.10. The summed E-state index contributed by atoms with van der Waals surface area (Å²) in [6, 6.07) is 6.58. The molecule has 1 aliphatic heterocycles. The zero-order chi connectivity index (χ0) is 13.6. The number of carbonyl (C=O) groups is 2. The number of benzene rings is 1. The highest BCUT2D eigenvalue weighted by Gasteiger charge is 2.35. The number of hydrogen-bond donors (Lipinski definition) is 0. The number of rotatable bonds is 1. The fraction of sp³-hybridized carbons (Fsp3) is 0.0769. The van der Waals surface area contributed by atoms with E-state index in [1.54, 1.807) is 24.3 Å². The summed E-state index contributed by atoms with van der Waals surface area (Å²) < 4.78 is 5.87. The molecular formula is C13H7BrClNO3. The van der Waals surface area contributed by atoms with Gasteiger partial charge < -0.3 is 4.42 Å². The summed E-state index contributed by atoms with van der Waals surface area (Å²) in [5.74, 6) is -0.371. The predicted molar refractivity (Wildman–Crippen MR) is 73.4 cm³/mol. The van der Waals surface area contributed by atoms with Crippen molar-refractivity contribution < 1.29 is 14.0 Å². The summed E-state index contributed by atoms with van der Waals surface area (Å²) in [5.41, 5.74) is 0.772. The largest absolute Gasteiger partial charge is 0.468 e. The number of halogens is 2. The second-order valence-electron chi connectivity index (χ2n) is 4.06. The molecule has 0 atom stereocenters. The molecule has 96 valence electrons. The van der Waals surface area contributed by atoms with Gasteiger partial charge in [-0.1, -0.05) is 27.5 Å². The second-order valence-corrected chi connectivity index (χ2v) is 5.39. The van der Waals surface area contributed by atoms with Crippen molar-refractivity contribution in [1.82, 2.24) is 0 Å². The lowest BCUT2D eigenvalue weighted by atomic mass is 10.1. The van der Waals surface area contributed by atoms with Crippen LogP contribution >= 0.6 is 27.5 Å². The molecule has 0 fully saturated rings. The molecule has 2 aromatic rings. The first-order chi connectivity index (χ1) is 9.08. The predicted octanol–water partition coefficient (Wildman–Crippen LogP) is 3.43. The summed E-state index contributed by atoms with van der Waals surface area (Å²) in [5, 5.41) is 0.344. The van der Waals surface area contributed by atoms with Crippen LogP contribution in [0.15, 0.2) is 39.4 Å². The van der Waals surface area contributed by atoms with Crippen molar-refractivity contribution in [3.05, 3.63) is 51.3 Å². The molecule has 0 saturated carbocycles. The van der Waals surface area contributed by atoms with Crippen molar-refractivity contribution in [1.29, 1.82) is 0 Å². The van der Waals surface area contributed by atoms with E-state index in [0.717, 1.165) is 9.37 Å². The Labute approximate surface area is 122 Å². The number of anilines is 1. The Morgan fingerprint density at radius 2 is 2.05 bits per heavy atom. The molecule has 0 bridgehead atoms. The molecular weight excluding hydrogens is 334 g/mol. The maximum absolute atomic E-state index is 12.3. The molecule has 1 aliphatic rings. The monoisotopic (exact) mass is 339 g/mol. The second kappa shape index (κ2) is 4.51. The lowest BCUT2D eigenvalue weighted by molar-refractivity contribution is -0.117. The summed E-state index contributed by atoms with van der Waals surface area (Å²) >= 11 is 9.37. The van der Waals surface area contributed by atoms with E-state index in [9.17, 15) is 9.59 Å². The standard InChI is InChI=1S/C13H7BrClNO3/c14-7-1-2-9(15)10(5-7)16-12(17)6-11-8(13(16)18)3-4-19-11/h1-5H,6H2. The summed E-state index contributed by atoms with van der Waals surface area (Å²) in [4.78, 5) is 25.5. The van der Waals surface area contributed by atoms with Gasteiger partial charge in [-0.15, -0.1) is 0 Å². The van der Waals surface area contributed by atoms with Crippen LogP contribution in [0.1, 0.15) is 16.1 Å². The van der Waals surface area contributed by atoms with Gasteiger partial charge in [-0.05, 0) is 24.3 Å². The minimum Gasteiger partial charge on any atom is -0.468 e. The van der Waals surface area contributed by atoms with Gasteiger partial charge >= 0.3 is 0 Å². The quantitative estimate of drug-likeness (QED) is 0.747. The van der Waals surface area contributed by atoms with Gasteiger partial charge in [-0.25, -0.2) is 4.90 Å². The zero-order valence-corrected chi connectivity index (χ0v) is 11.9. The first-order valence-corrected chi connectivity index (χ1v) is 6.63. The Morgan fingerprint density at radius 3 is 2.84 bits per heavy atom. The van der Waals surface area contributed by atoms with Gasteiger partial charge in [-0.2, -0.15) is 0 Å². The molecule has 0 radical (unpaired) electrons. The van der Waals surface area contributed by atoms with Crippen LogP contribution in [0.5, 0.6) is 0 Å². The normalized spacial score (nSPS) is 14.7. The lowest BCUT2D eigenvalue weighted by Gasteiger charge is -2.25. The fourth-order valence-electron chi connectivity index (χ4n) is 2.02. The van der Waals surface area contributed by atoms with Crippen molar-refractivity contribution in [2.45, 2.75) is 6.42 Å². The van der Waals surface area contributed by atoms with Crippen LogP contribution in [-0.2, 0) is 11.2 Å². The smallest absolute Gasteiger partial charge is 0.268 e. The Morgan fingerprint density at radius 1 is 1.26 bits per heavy atom. The van der Waals surface area contributed by atoms with Crippen molar-refractivity contribution in [2.75, 3.05) is 4.90 Å². The highest BCUT2D eigenvalue weighted by Crippen LogP contribution is 2.33. The third-order valence-corrected chi connectivity index (χ3v) is 3.70. The van der Waals surface area contributed by atoms with E-state index in [4.69, 9.17) is 16.0 Å². The van der Waals surface area contributed by atoms with Crippen LogP contribution < -0.4 is 4.90 Å². The number of carbonyl (C=O) groups excluding carboxylic acids is 2. The number of hydrogen-bond acceptors (Lipinski definition) is 3. The van der Waals surface area contributed by atoms with E-state index < -0.39 is 5.91 Å². The molecule has 3 rings (SSSR count). The molecule has 0 N–H and O–H groups in total. The Bertz CT molecular complexity index is 695. The van der Waals surface area contributed by atoms with Crippen LogP contribution in [-0.4, -0.2) is 11.8 Å². The van der Waals surface area contributed by atoms with Crippen LogP contribution in [0.25, 0.3) is 0 Å². The molecule has 0 unspecified atom stereocenters. The fourth-order valence-corrected chi connectivity index (χ4v) is 2.57. The Hall–Kier alpha value is -1.59. The highest BCUT2D eigenvalue weighted by atomic mass is 79.9. The third-order valence-electron chi connectivity index (χ3n) is 2.89. The van der Waals surface area contributed by atoms with E-state index in [-0.39, 0.29) is 12.3 Å². The van der Waals surface area contributed by atoms with Crippen LogP contribution in [0.4, 0.5) is 5.69 Å². The molecule has 1 aromatic heterocycles. The van der Waals surface area contributed by atoms with Crippen LogP contribution in [0.2, 0.25) is 5.02 Å². The van der Waals surface area contributed by atoms with E-state index in [1.165, 1.54) is 6.26 Å². The number of imide groups is 1. The molecule has 2 amide bonds. The molecule has 0 saturated heterocycles. The summed E-state index contributed by atoms with van der Waals surface area (Å²) in [6.07, 6.45) is 1.46. The van der Waals surface area contributed by atoms with Gasteiger partial charge in [0, 0.05) is 4.47 Å². The van der Waals surface area contributed by atoms with E-state index >= 15 is 0 Å². The van der Waals surface area contributed by atoms with Gasteiger partial charge in [0.2, 0.25) is 5.91 Å². The maximum Gasteiger partial charge on any atom is 0.268 e. The topological polar surface area (TPSA) is 50.5 Å². The minimum absolute atomic E-state index is 0.0525. The molecule has 1 aromatic carbocycles. The summed E-state index contributed by atoms with van der Waals surface area (Å²) in [6.45, 7) is 0. The molecule has 0 aliphatic carbocycles.